The van der Waals surface area contributed by atoms with E-state index in [1.54, 1.807) is 0 Å². The number of hydrogen-bond donors (Lipinski definition) is 0. The molecule has 0 saturated carbocycles. The fourth-order valence-corrected chi connectivity index (χ4v) is 8.21. The largest absolute Gasteiger partial charge is 0.503 e. The Labute approximate surface area is 310 Å². The summed E-state index contributed by atoms with van der Waals surface area (Å²) in [6.45, 7) is 8.65. The molecule has 0 radical (unpaired) electrons. The maximum Gasteiger partial charge on any atom is 0.0604 e. The summed E-state index contributed by atoms with van der Waals surface area (Å²) in [6, 6.07) is 46.9. The van der Waals surface area contributed by atoms with Crippen LogP contribution in [-0.4, -0.2) is 9.55 Å². The zero-order valence-corrected chi connectivity index (χ0v) is 30.7. The van der Waals surface area contributed by atoms with E-state index in [1.165, 1.54) is 42.6 Å². The van der Waals surface area contributed by atoms with Gasteiger partial charge < -0.3 is 19.1 Å². The number of aryl methyl sites for hydroxylation is 3. The smallest absolute Gasteiger partial charge is 0.0604 e. The van der Waals surface area contributed by atoms with Gasteiger partial charge in [0.2, 0.25) is 0 Å². The van der Waals surface area contributed by atoms with Crippen molar-refractivity contribution in [3.63, 3.8) is 0 Å². The number of thiophene rings is 1. The third kappa shape index (κ3) is 5.49. The molecule has 6 aromatic carbocycles. The minimum atomic E-state index is 0. The average molecular weight is 847 g/mol. The van der Waals surface area contributed by atoms with Crippen molar-refractivity contribution in [1.82, 2.24) is 9.55 Å². The van der Waals surface area contributed by atoms with Crippen LogP contribution in [0.15, 0.2) is 128 Å². The first-order valence-electron chi connectivity index (χ1n) is 16.3. The molecular weight excluding hydrogens is 816 g/mol. The van der Waals surface area contributed by atoms with Gasteiger partial charge in [-0.3, -0.25) is 4.98 Å². The maximum atomic E-state index is 6.43. The zero-order valence-electron chi connectivity index (χ0n) is 27.6. The molecule has 0 atom stereocenters. The number of benzene rings is 6. The molecule has 1 aliphatic rings. The Hall–Kier alpha value is -5.16. The minimum absolute atomic E-state index is 0. The Kier molecular flexibility index (Phi) is 8.30. The van der Waals surface area contributed by atoms with Crippen LogP contribution in [0.25, 0.3) is 37.2 Å². The van der Waals surface area contributed by atoms with Gasteiger partial charge in [-0.25, -0.2) is 0 Å². The quantitative estimate of drug-likeness (QED) is 0.156. The molecule has 0 amide bonds. The monoisotopic (exact) mass is 846 g/mol. The normalized spacial score (nSPS) is 12.4. The van der Waals surface area contributed by atoms with Gasteiger partial charge >= 0.3 is 0 Å². The maximum absolute atomic E-state index is 6.43. The topological polar surface area (TPSA) is 33.5 Å². The van der Waals surface area contributed by atoms with E-state index in [4.69, 9.17) is 9.72 Å². The number of aromatic nitrogens is 2. The van der Waals surface area contributed by atoms with E-state index in [2.05, 4.69) is 139 Å². The summed E-state index contributed by atoms with van der Waals surface area (Å²) >= 11 is 1.81. The van der Waals surface area contributed by atoms with Crippen molar-refractivity contribution in [2.24, 2.45) is 0 Å². The molecular formula is C43H31N4OPtS-3. The fourth-order valence-electron chi connectivity index (χ4n) is 7.08. The first-order chi connectivity index (χ1) is 24.0. The van der Waals surface area contributed by atoms with Crippen LogP contribution in [0.5, 0.6) is 11.5 Å². The first kappa shape index (κ1) is 32.1. The summed E-state index contributed by atoms with van der Waals surface area (Å²) in [5.41, 5.74) is 9.97. The van der Waals surface area contributed by atoms with Crippen LogP contribution >= 0.6 is 11.3 Å². The number of anilines is 4. The second-order valence-corrected chi connectivity index (χ2v) is 13.5. The standard InChI is InChI=1S/C43H31N4OS.Pt/c1-28-23-29(2)42(30(3)24-28)47-27-46(36-16-5-6-17-37(36)47)32-12-9-14-34(26-32)48-33-13-8-11-31(25-33)43-44-21-22-45(43)38-18-10-20-40-41(38)35-15-4-7-19-39(35)49-40;/h4-24,27H,1-3H3;/q-3;. The van der Waals surface area contributed by atoms with Crippen LogP contribution in [0, 0.1) is 39.6 Å². The van der Waals surface area contributed by atoms with Crippen LogP contribution in [0.3, 0.4) is 0 Å². The Bertz CT molecular complexity index is 2510. The van der Waals surface area contributed by atoms with Crippen LogP contribution in [0.1, 0.15) is 16.7 Å². The zero-order chi connectivity index (χ0) is 33.1. The van der Waals surface area contributed by atoms with Crippen molar-refractivity contribution in [1.29, 1.82) is 0 Å². The summed E-state index contributed by atoms with van der Waals surface area (Å²) in [5, 5.41) is 2.48. The molecule has 0 spiro atoms. The van der Waals surface area contributed by atoms with E-state index in [9.17, 15) is 0 Å². The second-order valence-electron chi connectivity index (χ2n) is 12.4. The Morgan fingerprint density at radius 1 is 0.680 bits per heavy atom. The average Bonchev–Trinajstić information content (AvgIpc) is 3.84. The van der Waals surface area contributed by atoms with E-state index < -0.39 is 0 Å². The molecule has 0 N–H and O–H groups in total. The summed E-state index contributed by atoms with van der Waals surface area (Å²) in [4.78, 5) is 9.23. The van der Waals surface area contributed by atoms with Gasteiger partial charge in [0.1, 0.15) is 0 Å². The molecule has 5 nitrogen and oxygen atoms in total. The summed E-state index contributed by atoms with van der Waals surface area (Å²) < 4.78 is 11.1. The number of ether oxygens (including phenoxy) is 1. The van der Waals surface area contributed by atoms with Gasteiger partial charge in [-0.05, 0) is 62.2 Å². The van der Waals surface area contributed by atoms with Gasteiger partial charge in [0, 0.05) is 87.9 Å². The number of fused-ring (bicyclic) bond motifs is 4. The predicted octanol–water partition coefficient (Wildman–Crippen LogP) is 11.6. The minimum Gasteiger partial charge on any atom is -0.503 e. The SMILES string of the molecule is Cc1cc(C)c(N2[CH-]N(c3[c-]c(Oc4[c-]c(-c5nccn5-c5cccc6sc7ccccc7c56)ccc4)ccc3)c3ccccc32)c(C)c1.[Pt]. The third-order valence-corrected chi connectivity index (χ3v) is 10.2. The molecule has 0 unspecified atom stereocenters. The van der Waals surface area contributed by atoms with Crippen LogP contribution in [0.2, 0.25) is 0 Å². The molecule has 1 aliphatic heterocycles. The Morgan fingerprint density at radius 3 is 2.16 bits per heavy atom. The van der Waals surface area contributed by atoms with Crippen LogP contribution < -0.4 is 14.5 Å². The third-order valence-electron chi connectivity index (χ3n) is 9.03. The van der Waals surface area contributed by atoms with Gasteiger partial charge in [0.05, 0.1) is 5.82 Å². The molecule has 0 saturated heterocycles. The molecule has 0 bridgehead atoms. The number of rotatable bonds is 6. The molecule has 2 aromatic heterocycles. The molecule has 248 valence electrons. The van der Waals surface area contributed by atoms with E-state index in [1.807, 2.05) is 54.1 Å². The molecule has 50 heavy (non-hydrogen) atoms. The summed E-state index contributed by atoms with van der Waals surface area (Å²) in [7, 11) is 0. The number of imidazole rings is 1. The predicted molar refractivity (Wildman–Crippen MR) is 202 cm³/mol. The van der Waals surface area contributed by atoms with Crippen molar-refractivity contribution < 1.29 is 25.8 Å². The van der Waals surface area contributed by atoms with Gasteiger partial charge in [-0.1, -0.05) is 60.2 Å². The fraction of sp³-hybridized carbons (Fsp3) is 0.0698. The van der Waals surface area contributed by atoms with Gasteiger partial charge in [-0.15, -0.1) is 65.7 Å². The van der Waals surface area contributed by atoms with Crippen molar-refractivity contribution in [2.45, 2.75) is 20.8 Å². The second kappa shape index (κ2) is 12.9. The van der Waals surface area contributed by atoms with Crippen LogP contribution in [0.4, 0.5) is 22.7 Å². The van der Waals surface area contributed by atoms with Crippen molar-refractivity contribution in [2.75, 3.05) is 9.80 Å². The number of hydrogen-bond acceptors (Lipinski definition) is 5. The molecule has 8 aromatic rings. The summed E-state index contributed by atoms with van der Waals surface area (Å²) in [5.74, 6) is 2.00. The molecule has 9 rings (SSSR count). The van der Waals surface area contributed by atoms with E-state index >= 15 is 0 Å². The van der Waals surface area contributed by atoms with Gasteiger partial charge in [0.15, 0.2) is 0 Å². The molecule has 7 heteroatoms. The Balaban J connectivity index is 0.00000361. The number of nitrogens with zero attached hydrogens (tertiary/aromatic N) is 4. The number of para-hydroxylation sites is 2. The van der Waals surface area contributed by atoms with Crippen molar-refractivity contribution >= 4 is 54.3 Å². The van der Waals surface area contributed by atoms with Gasteiger partial charge in [0.25, 0.3) is 0 Å². The van der Waals surface area contributed by atoms with Crippen molar-refractivity contribution in [3.05, 3.63) is 163 Å². The molecule has 0 fully saturated rings. The first-order valence-corrected chi connectivity index (χ1v) is 17.1. The molecule has 3 heterocycles. The van der Waals surface area contributed by atoms with Crippen LogP contribution in [-0.2, 0) is 21.1 Å². The van der Waals surface area contributed by atoms with Gasteiger partial charge in [-0.2, -0.15) is 6.07 Å². The van der Waals surface area contributed by atoms with E-state index in [0.29, 0.717) is 11.5 Å². The Morgan fingerprint density at radius 2 is 1.34 bits per heavy atom. The van der Waals surface area contributed by atoms with Crippen molar-refractivity contribution in [3.8, 4) is 28.6 Å². The van der Waals surface area contributed by atoms with E-state index in [-0.39, 0.29) is 21.1 Å². The summed E-state index contributed by atoms with van der Waals surface area (Å²) in [6.07, 6.45) is 3.86. The molecule has 0 aliphatic carbocycles. The van der Waals surface area contributed by atoms with E-state index in [0.717, 1.165) is 34.1 Å².